The van der Waals surface area contributed by atoms with Crippen molar-refractivity contribution in [2.45, 2.75) is 25.4 Å². The molecule has 0 saturated carbocycles. The first-order chi connectivity index (χ1) is 7.25. The lowest BCUT2D eigenvalue weighted by molar-refractivity contribution is 0.246. The van der Waals surface area contributed by atoms with Crippen LogP contribution in [-0.4, -0.2) is 23.0 Å². The van der Waals surface area contributed by atoms with E-state index in [0.29, 0.717) is 18.0 Å². The molecular formula is C13H16N2. The van der Waals surface area contributed by atoms with Crippen molar-refractivity contribution in [2.75, 3.05) is 7.05 Å². The smallest absolute Gasteiger partial charge is 0.0586 e. The molecule has 2 nitrogen and oxygen atoms in total. The molecule has 3 rings (SSSR count). The van der Waals surface area contributed by atoms with Crippen LogP contribution >= 0.6 is 0 Å². The van der Waals surface area contributed by atoms with Crippen molar-refractivity contribution in [3.63, 3.8) is 0 Å². The van der Waals surface area contributed by atoms with Gasteiger partial charge in [0.1, 0.15) is 0 Å². The molecule has 0 spiro atoms. The van der Waals surface area contributed by atoms with Crippen molar-refractivity contribution in [1.29, 1.82) is 0 Å². The Morgan fingerprint density at radius 3 is 2.87 bits per heavy atom. The summed E-state index contributed by atoms with van der Waals surface area (Å²) in [5.41, 5.74) is 2.35. The van der Waals surface area contributed by atoms with E-state index in [9.17, 15) is 0 Å². The molecule has 2 bridgehead atoms. The summed E-state index contributed by atoms with van der Waals surface area (Å²) in [7, 11) is 2.21. The number of rotatable bonds is 1. The summed E-state index contributed by atoms with van der Waals surface area (Å²) in [6, 6.07) is 7.47. The van der Waals surface area contributed by atoms with Crippen LogP contribution in [0.5, 0.6) is 0 Å². The van der Waals surface area contributed by atoms with Gasteiger partial charge in [0, 0.05) is 11.7 Å². The van der Waals surface area contributed by atoms with Crippen LogP contribution in [0.25, 0.3) is 0 Å². The summed E-state index contributed by atoms with van der Waals surface area (Å²) in [6.45, 7) is 2.06. The van der Waals surface area contributed by atoms with Crippen LogP contribution < -0.4 is 0 Å². The van der Waals surface area contributed by atoms with Crippen LogP contribution in [0.1, 0.15) is 23.9 Å². The van der Waals surface area contributed by atoms with E-state index in [1.807, 2.05) is 0 Å². The zero-order chi connectivity index (χ0) is 10.4. The van der Waals surface area contributed by atoms with Crippen LogP contribution in [0.3, 0.4) is 0 Å². The summed E-state index contributed by atoms with van der Waals surface area (Å²) in [5.74, 6) is 0.675. The van der Waals surface area contributed by atoms with Gasteiger partial charge in [-0.25, -0.2) is 0 Å². The van der Waals surface area contributed by atoms with Crippen molar-refractivity contribution in [3.05, 3.63) is 41.7 Å². The minimum atomic E-state index is 0.500. The lowest BCUT2D eigenvalue weighted by Gasteiger charge is -2.28. The first-order valence-electron chi connectivity index (χ1n) is 5.59. The van der Waals surface area contributed by atoms with E-state index in [0.717, 1.165) is 5.69 Å². The number of aromatic nitrogens is 1. The van der Waals surface area contributed by atoms with Crippen LogP contribution in [0.15, 0.2) is 30.4 Å². The molecule has 3 unspecified atom stereocenters. The summed E-state index contributed by atoms with van der Waals surface area (Å²) in [4.78, 5) is 7.10. The van der Waals surface area contributed by atoms with Crippen molar-refractivity contribution >= 4 is 0 Å². The van der Waals surface area contributed by atoms with Gasteiger partial charge < -0.3 is 0 Å². The van der Waals surface area contributed by atoms with Gasteiger partial charge in [-0.2, -0.15) is 0 Å². The number of hydrogen-bond donors (Lipinski definition) is 0. The van der Waals surface area contributed by atoms with Gasteiger partial charge in [-0.15, -0.1) is 0 Å². The van der Waals surface area contributed by atoms with Crippen molar-refractivity contribution in [3.8, 4) is 0 Å². The number of likely N-dealkylation sites (N-methyl/N-ethyl adjacent to an activating group) is 1. The summed E-state index contributed by atoms with van der Waals surface area (Å²) in [5, 5.41) is 0. The normalized spacial score (nSPS) is 33.9. The molecule has 1 aromatic heterocycles. The number of aryl methyl sites for hydroxylation is 1. The van der Waals surface area contributed by atoms with Gasteiger partial charge in [0.2, 0.25) is 0 Å². The number of fused-ring (bicyclic) bond motifs is 2. The molecule has 0 aromatic carbocycles. The second-order valence-electron chi connectivity index (χ2n) is 4.67. The minimum absolute atomic E-state index is 0.500. The molecule has 2 heteroatoms. The predicted octanol–water partition coefficient (Wildman–Crippen LogP) is 2.32. The first kappa shape index (κ1) is 9.10. The summed E-state index contributed by atoms with van der Waals surface area (Å²) >= 11 is 0. The Hall–Kier alpha value is -1.15. The third kappa shape index (κ3) is 1.32. The van der Waals surface area contributed by atoms with Gasteiger partial charge in [-0.05, 0) is 38.4 Å². The summed E-state index contributed by atoms with van der Waals surface area (Å²) < 4.78 is 0. The standard InChI is InChI=1S/C13H16N2/c1-9-4-3-5-12(14-9)13-10-6-7-11(8-10)15(13)2/h3-7,10-11,13H,8H2,1-2H3. The molecule has 2 heterocycles. The topological polar surface area (TPSA) is 16.1 Å². The SMILES string of the molecule is Cc1cccc(C2C3C=CC(C3)N2C)n1. The monoisotopic (exact) mass is 200 g/mol. The number of pyridine rings is 1. The number of hydrogen-bond acceptors (Lipinski definition) is 2. The van der Waals surface area contributed by atoms with E-state index in [2.05, 4.69) is 54.2 Å². The Kier molecular flexibility index (Phi) is 1.93. The van der Waals surface area contributed by atoms with E-state index in [1.165, 1.54) is 12.1 Å². The van der Waals surface area contributed by atoms with Gasteiger partial charge in [-0.1, -0.05) is 18.2 Å². The quantitative estimate of drug-likeness (QED) is 0.647. The molecule has 0 radical (unpaired) electrons. The lowest BCUT2D eigenvalue weighted by atomic mass is 9.98. The molecule has 3 atom stereocenters. The fourth-order valence-electron chi connectivity index (χ4n) is 2.91. The van der Waals surface area contributed by atoms with Crippen LogP contribution in [0.4, 0.5) is 0 Å². The highest BCUT2D eigenvalue weighted by molar-refractivity contribution is 5.24. The molecule has 0 amide bonds. The zero-order valence-corrected chi connectivity index (χ0v) is 9.22. The highest BCUT2D eigenvalue weighted by atomic mass is 15.2. The third-order valence-corrected chi connectivity index (χ3v) is 3.67. The second kappa shape index (κ2) is 3.17. The van der Waals surface area contributed by atoms with E-state index < -0.39 is 0 Å². The molecule has 1 aliphatic carbocycles. The fourth-order valence-corrected chi connectivity index (χ4v) is 2.91. The summed E-state index contributed by atoms with van der Waals surface area (Å²) in [6.07, 6.45) is 5.97. The number of likely N-dealkylation sites (tertiary alicyclic amines) is 1. The fraction of sp³-hybridized carbons (Fsp3) is 0.462. The highest BCUT2D eigenvalue weighted by Crippen LogP contribution is 2.44. The molecule has 0 N–H and O–H groups in total. The maximum absolute atomic E-state index is 4.65. The van der Waals surface area contributed by atoms with Gasteiger partial charge >= 0.3 is 0 Å². The molecule has 1 aromatic rings. The van der Waals surface area contributed by atoms with E-state index >= 15 is 0 Å². The maximum atomic E-state index is 4.65. The molecule has 1 aliphatic heterocycles. The van der Waals surface area contributed by atoms with Gasteiger partial charge in [0.15, 0.2) is 0 Å². The van der Waals surface area contributed by atoms with Crippen LogP contribution in [0, 0.1) is 12.8 Å². The third-order valence-electron chi connectivity index (χ3n) is 3.67. The maximum Gasteiger partial charge on any atom is 0.0586 e. The molecule has 2 aliphatic rings. The van der Waals surface area contributed by atoms with E-state index in [-0.39, 0.29) is 0 Å². The zero-order valence-electron chi connectivity index (χ0n) is 9.22. The predicted molar refractivity (Wildman–Crippen MR) is 60.5 cm³/mol. The average molecular weight is 200 g/mol. The molecule has 78 valence electrons. The largest absolute Gasteiger partial charge is 0.291 e. The van der Waals surface area contributed by atoms with Crippen molar-refractivity contribution < 1.29 is 0 Å². The molecule has 1 saturated heterocycles. The minimum Gasteiger partial charge on any atom is -0.291 e. The van der Waals surface area contributed by atoms with Crippen molar-refractivity contribution in [2.24, 2.45) is 5.92 Å². The number of nitrogens with zero attached hydrogens (tertiary/aromatic N) is 2. The second-order valence-corrected chi connectivity index (χ2v) is 4.67. The molecular weight excluding hydrogens is 184 g/mol. The average Bonchev–Trinajstić information content (AvgIpc) is 2.77. The Morgan fingerprint density at radius 1 is 1.33 bits per heavy atom. The van der Waals surface area contributed by atoms with Gasteiger partial charge in [0.05, 0.1) is 11.7 Å². The van der Waals surface area contributed by atoms with Crippen LogP contribution in [0.2, 0.25) is 0 Å². The first-order valence-corrected chi connectivity index (χ1v) is 5.59. The van der Waals surface area contributed by atoms with Crippen molar-refractivity contribution in [1.82, 2.24) is 9.88 Å². The molecule has 15 heavy (non-hydrogen) atoms. The lowest BCUT2D eigenvalue weighted by Crippen LogP contribution is -2.29. The Balaban J connectivity index is 1.98. The Bertz CT molecular complexity index is 411. The van der Waals surface area contributed by atoms with Gasteiger partial charge in [-0.3, -0.25) is 9.88 Å². The highest BCUT2D eigenvalue weighted by Gasteiger charge is 2.41. The van der Waals surface area contributed by atoms with Crippen LogP contribution in [-0.2, 0) is 0 Å². The van der Waals surface area contributed by atoms with E-state index in [4.69, 9.17) is 0 Å². The Morgan fingerprint density at radius 2 is 2.20 bits per heavy atom. The van der Waals surface area contributed by atoms with Gasteiger partial charge in [0.25, 0.3) is 0 Å². The van der Waals surface area contributed by atoms with E-state index in [1.54, 1.807) is 0 Å². The molecule has 1 fully saturated rings. The Labute approximate surface area is 90.6 Å².